The van der Waals surface area contributed by atoms with Crippen molar-refractivity contribution in [3.05, 3.63) is 89.5 Å². The predicted molar refractivity (Wildman–Crippen MR) is 132 cm³/mol. The zero-order chi connectivity index (χ0) is 24.6. The molecule has 1 atom stereocenters. The van der Waals surface area contributed by atoms with Crippen molar-refractivity contribution in [1.82, 2.24) is 10.2 Å². The Morgan fingerprint density at radius 1 is 0.943 bits per heavy atom. The molecule has 2 amide bonds. The summed E-state index contributed by atoms with van der Waals surface area (Å²) in [6, 6.07) is 22.4. The number of aryl methyl sites for hydroxylation is 1. The maximum Gasteiger partial charge on any atom is 0.242 e. The molecule has 0 saturated carbocycles. The van der Waals surface area contributed by atoms with Crippen LogP contribution < -0.4 is 19.5 Å². The van der Waals surface area contributed by atoms with Crippen molar-refractivity contribution in [1.29, 1.82) is 0 Å². The molecule has 1 aliphatic heterocycles. The number of nitrogens with one attached hydrogen (secondary N) is 1. The number of fused-ring (bicyclic) bond motifs is 1. The van der Waals surface area contributed by atoms with Gasteiger partial charge < -0.3 is 24.4 Å². The fourth-order valence-electron chi connectivity index (χ4n) is 4.18. The highest BCUT2D eigenvalue weighted by Crippen LogP contribution is 2.33. The number of nitrogens with zero attached hydrogens (tertiary/aromatic N) is 1. The molecule has 0 radical (unpaired) electrons. The lowest BCUT2D eigenvalue weighted by molar-refractivity contribution is -0.141. The number of carbonyl (C=O) groups is 2. The highest BCUT2D eigenvalue weighted by atomic mass is 16.7. The molecule has 3 aromatic rings. The molecule has 0 spiro atoms. The highest BCUT2D eigenvalue weighted by Gasteiger charge is 2.29. The van der Waals surface area contributed by atoms with Crippen LogP contribution in [0.1, 0.15) is 23.1 Å². The Kier molecular flexibility index (Phi) is 7.88. The normalized spacial score (nSPS) is 12.6. The third kappa shape index (κ3) is 6.12. The summed E-state index contributed by atoms with van der Waals surface area (Å²) in [7, 11) is 3.21. The summed E-state index contributed by atoms with van der Waals surface area (Å²) in [6.07, 6.45) is 1.20. The molecule has 0 aliphatic carbocycles. The van der Waals surface area contributed by atoms with Crippen LogP contribution in [0.3, 0.4) is 0 Å². The third-order valence-corrected chi connectivity index (χ3v) is 6.07. The van der Waals surface area contributed by atoms with Crippen molar-refractivity contribution in [2.24, 2.45) is 0 Å². The van der Waals surface area contributed by atoms with Crippen LogP contribution in [0.25, 0.3) is 0 Å². The van der Waals surface area contributed by atoms with Crippen LogP contribution in [0.4, 0.5) is 0 Å². The number of hydrogen-bond donors (Lipinski definition) is 1. The number of likely N-dealkylation sites (N-methyl/N-ethyl adjacent to an activating group) is 1. The van der Waals surface area contributed by atoms with Gasteiger partial charge in [0.15, 0.2) is 11.5 Å². The second-order valence-corrected chi connectivity index (χ2v) is 8.38. The van der Waals surface area contributed by atoms with Gasteiger partial charge in [-0.05, 0) is 47.4 Å². The van der Waals surface area contributed by atoms with Crippen LogP contribution in [0.15, 0.2) is 72.8 Å². The number of carbonyl (C=O) groups excluding carboxylic acids is 2. The van der Waals surface area contributed by atoms with E-state index in [2.05, 4.69) is 5.32 Å². The maximum atomic E-state index is 13.6. The SMILES string of the molecule is CNC(=O)C(Cc1ccccc1)N(Cc1cccc(OC)c1)C(=O)CCc1ccc2c(c1)OCO2. The van der Waals surface area contributed by atoms with E-state index in [1.54, 1.807) is 19.1 Å². The number of rotatable bonds is 10. The molecule has 3 aromatic carbocycles. The Balaban J connectivity index is 1.58. The lowest BCUT2D eigenvalue weighted by Gasteiger charge is -2.31. The number of benzene rings is 3. The van der Waals surface area contributed by atoms with Gasteiger partial charge in [0.2, 0.25) is 18.6 Å². The summed E-state index contributed by atoms with van der Waals surface area (Å²) in [5, 5.41) is 2.74. The minimum Gasteiger partial charge on any atom is -0.497 e. The van der Waals surface area contributed by atoms with Crippen molar-refractivity contribution in [3.8, 4) is 17.2 Å². The topological polar surface area (TPSA) is 77.1 Å². The Bertz CT molecular complexity index is 1170. The molecule has 0 saturated heterocycles. The van der Waals surface area contributed by atoms with Crippen molar-refractivity contribution < 1.29 is 23.8 Å². The quantitative estimate of drug-likeness (QED) is 0.484. The van der Waals surface area contributed by atoms with Crippen LogP contribution in [0.2, 0.25) is 0 Å². The lowest BCUT2D eigenvalue weighted by atomic mass is 10.0. The number of amides is 2. The first-order valence-corrected chi connectivity index (χ1v) is 11.6. The average molecular weight is 475 g/mol. The molecule has 7 heteroatoms. The summed E-state index contributed by atoms with van der Waals surface area (Å²) < 4.78 is 16.2. The van der Waals surface area contributed by atoms with Crippen molar-refractivity contribution in [2.45, 2.75) is 31.8 Å². The summed E-state index contributed by atoms with van der Waals surface area (Å²) in [6.45, 7) is 0.501. The van der Waals surface area contributed by atoms with Crippen LogP contribution in [-0.4, -0.2) is 43.7 Å². The van der Waals surface area contributed by atoms with Gasteiger partial charge in [0.1, 0.15) is 11.8 Å². The monoisotopic (exact) mass is 474 g/mol. The number of ether oxygens (including phenoxy) is 3. The van der Waals surface area contributed by atoms with Gasteiger partial charge in [0.25, 0.3) is 0 Å². The second-order valence-electron chi connectivity index (χ2n) is 8.38. The van der Waals surface area contributed by atoms with E-state index in [1.165, 1.54) is 0 Å². The van der Waals surface area contributed by atoms with Gasteiger partial charge in [-0.3, -0.25) is 9.59 Å². The van der Waals surface area contributed by atoms with E-state index in [1.807, 2.05) is 72.8 Å². The predicted octanol–water partition coefficient (Wildman–Crippen LogP) is 3.74. The zero-order valence-electron chi connectivity index (χ0n) is 20.0. The van der Waals surface area contributed by atoms with Crippen molar-refractivity contribution >= 4 is 11.8 Å². The highest BCUT2D eigenvalue weighted by molar-refractivity contribution is 5.88. The molecule has 1 aliphatic rings. The molecule has 182 valence electrons. The first-order valence-electron chi connectivity index (χ1n) is 11.6. The van der Waals surface area contributed by atoms with E-state index in [9.17, 15) is 9.59 Å². The summed E-state index contributed by atoms with van der Waals surface area (Å²) >= 11 is 0. The maximum absolute atomic E-state index is 13.6. The largest absolute Gasteiger partial charge is 0.497 e. The Morgan fingerprint density at radius 3 is 2.49 bits per heavy atom. The molecule has 0 aromatic heterocycles. The second kappa shape index (κ2) is 11.4. The van der Waals surface area contributed by atoms with Gasteiger partial charge in [0, 0.05) is 26.4 Å². The van der Waals surface area contributed by atoms with Crippen LogP contribution >= 0.6 is 0 Å². The van der Waals surface area contributed by atoms with E-state index in [0.29, 0.717) is 36.6 Å². The van der Waals surface area contributed by atoms with Gasteiger partial charge in [-0.2, -0.15) is 0 Å². The fraction of sp³-hybridized carbons (Fsp3) is 0.286. The number of hydrogen-bond acceptors (Lipinski definition) is 5. The minimum atomic E-state index is -0.655. The van der Waals surface area contributed by atoms with E-state index in [-0.39, 0.29) is 25.0 Å². The molecule has 1 heterocycles. The molecule has 1 N–H and O–H groups in total. The molecular formula is C28H30N2O5. The van der Waals surface area contributed by atoms with E-state index >= 15 is 0 Å². The zero-order valence-corrected chi connectivity index (χ0v) is 20.0. The van der Waals surface area contributed by atoms with Crippen LogP contribution in [0, 0.1) is 0 Å². The fourth-order valence-corrected chi connectivity index (χ4v) is 4.18. The van der Waals surface area contributed by atoms with Crippen LogP contribution in [0.5, 0.6) is 17.2 Å². The third-order valence-electron chi connectivity index (χ3n) is 6.07. The van der Waals surface area contributed by atoms with E-state index in [0.717, 1.165) is 16.7 Å². The van der Waals surface area contributed by atoms with Gasteiger partial charge >= 0.3 is 0 Å². The van der Waals surface area contributed by atoms with E-state index < -0.39 is 6.04 Å². The first-order chi connectivity index (χ1) is 17.1. The minimum absolute atomic E-state index is 0.102. The average Bonchev–Trinajstić information content (AvgIpc) is 3.37. The Morgan fingerprint density at radius 2 is 1.71 bits per heavy atom. The van der Waals surface area contributed by atoms with Gasteiger partial charge in [-0.1, -0.05) is 48.5 Å². The Labute approximate surface area is 205 Å². The summed E-state index contributed by atoms with van der Waals surface area (Å²) in [5.41, 5.74) is 2.85. The molecule has 4 rings (SSSR count). The number of methoxy groups -OCH3 is 1. The lowest BCUT2D eigenvalue weighted by Crippen LogP contribution is -2.49. The molecule has 0 fully saturated rings. The molecule has 7 nitrogen and oxygen atoms in total. The van der Waals surface area contributed by atoms with Gasteiger partial charge in [-0.15, -0.1) is 0 Å². The molecular weight excluding hydrogens is 444 g/mol. The summed E-state index contributed by atoms with van der Waals surface area (Å²) in [5.74, 6) is 1.80. The van der Waals surface area contributed by atoms with Gasteiger partial charge in [-0.25, -0.2) is 0 Å². The van der Waals surface area contributed by atoms with Gasteiger partial charge in [0.05, 0.1) is 7.11 Å². The Hall–Kier alpha value is -4.00. The molecule has 0 bridgehead atoms. The summed E-state index contributed by atoms with van der Waals surface area (Å²) in [4.78, 5) is 28.3. The van der Waals surface area contributed by atoms with Crippen LogP contribution in [-0.2, 0) is 29.0 Å². The standard InChI is InChI=1S/C28H30N2O5/c1-29-28(32)24(16-20-7-4-3-5-8-20)30(18-22-9-6-10-23(15-22)33-2)27(31)14-12-21-11-13-25-26(17-21)35-19-34-25/h3-11,13,15,17,24H,12,14,16,18-19H2,1-2H3,(H,29,32). The first kappa shape index (κ1) is 24.1. The smallest absolute Gasteiger partial charge is 0.242 e. The van der Waals surface area contributed by atoms with E-state index in [4.69, 9.17) is 14.2 Å². The molecule has 35 heavy (non-hydrogen) atoms. The molecule has 1 unspecified atom stereocenters. The van der Waals surface area contributed by atoms with Crippen molar-refractivity contribution in [3.63, 3.8) is 0 Å². The van der Waals surface area contributed by atoms with Crippen molar-refractivity contribution in [2.75, 3.05) is 21.0 Å².